The lowest BCUT2D eigenvalue weighted by molar-refractivity contribution is -0.152. The molecular weight excluding hydrogens is 394 g/mol. The second kappa shape index (κ2) is 8.17. The minimum Gasteiger partial charge on any atom is -0.334 e. The van der Waals surface area contributed by atoms with Crippen molar-refractivity contribution in [3.05, 3.63) is 47.3 Å². The van der Waals surface area contributed by atoms with Gasteiger partial charge in [0.05, 0.1) is 5.69 Å². The number of likely N-dealkylation sites (tertiary alicyclic amines) is 1. The van der Waals surface area contributed by atoms with Crippen molar-refractivity contribution in [2.24, 2.45) is 0 Å². The van der Waals surface area contributed by atoms with Crippen molar-refractivity contribution in [3.8, 4) is 5.69 Å². The lowest BCUT2D eigenvalue weighted by Gasteiger charge is -2.34. The van der Waals surface area contributed by atoms with Gasteiger partial charge in [-0.25, -0.2) is 4.68 Å². The summed E-state index contributed by atoms with van der Waals surface area (Å²) in [6.07, 6.45) is 4.74. The molecule has 2 aromatic rings. The van der Waals surface area contributed by atoms with Gasteiger partial charge in [0.25, 0.3) is 5.91 Å². The molecule has 2 fully saturated rings. The summed E-state index contributed by atoms with van der Waals surface area (Å²) in [5, 5.41) is 4.70. The molecule has 0 atom stereocenters. The fourth-order valence-electron chi connectivity index (χ4n) is 4.85. The summed E-state index contributed by atoms with van der Waals surface area (Å²) in [6, 6.07) is 9.91. The van der Waals surface area contributed by atoms with Gasteiger partial charge in [0.2, 0.25) is 0 Å². The number of carbonyl (C=O) groups excluding carboxylic acids is 3. The maximum atomic E-state index is 13.3. The van der Waals surface area contributed by atoms with E-state index in [1.54, 1.807) is 14.7 Å². The molecule has 0 saturated carbocycles. The predicted molar refractivity (Wildman–Crippen MR) is 114 cm³/mol. The smallest absolute Gasteiger partial charge is 0.312 e. The molecule has 2 aliphatic heterocycles. The third-order valence-electron chi connectivity index (χ3n) is 6.56. The molecule has 0 spiro atoms. The molecule has 0 unspecified atom stereocenters. The van der Waals surface area contributed by atoms with Crippen LogP contribution in [0.5, 0.6) is 0 Å². The summed E-state index contributed by atoms with van der Waals surface area (Å²) in [4.78, 5) is 43.2. The molecule has 3 heterocycles. The molecule has 8 heteroatoms. The number of nitrogens with zero attached hydrogens (tertiary/aromatic N) is 5. The highest BCUT2D eigenvalue weighted by molar-refractivity contribution is 6.35. The first kappa shape index (κ1) is 19.8. The van der Waals surface area contributed by atoms with Gasteiger partial charge < -0.3 is 14.7 Å². The van der Waals surface area contributed by atoms with Crippen LogP contribution in [0.4, 0.5) is 0 Å². The third kappa shape index (κ3) is 3.60. The Balaban J connectivity index is 1.28. The molecule has 0 radical (unpaired) electrons. The monoisotopic (exact) mass is 421 g/mol. The number of amides is 3. The van der Waals surface area contributed by atoms with Crippen LogP contribution in [0.3, 0.4) is 0 Å². The van der Waals surface area contributed by atoms with Gasteiger partial charge >= 0.3 is 11.8 Å². The Morgan fingerprint density at radius 3 is 2.00 bits per heavy atom. The van der Waals surface area contributed by atoms with E-state index < -0.39 is 11.8 Å². The molecule has 3 amide bonds. The summed E-state index contributed by atoms with van der Waals surface area (Å²) in [5.74, 6) is -0.925. The molecule has 2 saturated heterocycles. The van der Waals surface area contributed by atoms with Crippen molar-refractivity contribution in [1.29, 1.82) is 0 Å². The van der Waals surface area contributed by atoms with E-state index in [1.165, 1.54) is 0 Å². The molecule has 3 aliphatic rings. The molecular formula is C23H27N5O3. The zero-order valence-corrected chi connectivity index (χ0v) is 17.6. The molecule has 5 rings (SSSR count). The predicted octanol–water partition coefficient (Wildman–Crippen LogP) is 1.27. The van der Waals surface area contributed by atoms with Crippen molar-refractivity contribution in [1.82, 2.24) is 24.5 Å². The second-order valence-electron chi connectivity index (χ2n) is 8.46. The quantitative estimate of drug-likeness (QED) is 0.684. The number of benzene rings is 1. The molecule has 1 aliphatic carbocycles. The van der Waals surface area contributed by atoms with Crippen molar-refractivity contribution in [2.45, 2.75) is 32.1 Å². The van der Waals surface area contributed by atoms with Crippen LogP contribution >= 0.6 is 0 Å². The maximum absolute atomic E-state index is 13.3. The maximum Gasteiger partial charge on any atom is 0.312 e. The van der Waals surface area contributed by atoms with Crippen molar-refractivity contribution < 1.29 is 14.4 Å². The largest absolute Gasteiger partial charge is 0.334 e. The highest BCUT2D eigenvalue weighted by Gasteiger charge is 2.34. The van der Waals surface area contributed by atoms with Crippen LogP contribution < -0.4 is 0 Å². The average molecular weight is 422 g/mol. The van der Waals surface area contributed by atoms with Crippen LogP contribution in [0.25, 0.3) is 5.69 Å². The van der Waals surface area contributed by atoms with Crippen LogP contribution in [-0.4, -0.2) is 81.5 Å². The molecule has 0 N–H and O–H groups in total. The van der Waals surface area contributed by atoms with Crippen molar-refractivity contribution in [2.75, 3.05) is 39.3 Å². The summed E-state index contributed by atoms with van der Waals surface area (Å²) < 4.78 is 1.91. The normalized spacial score (nSPS) is 18.4. The first-order chi connectivity index (χ1) is 15.1. The summed E-state index contributed by atoms with van der Waals surface area (Å²) in [5.41, 5.74) is 3.68. The molecule has 162 valence electrons. The van der Waals surface area contributed by atoms with E-state index in [1.807, 2.05) is 35.0 Å². The van der Waals surface area contributed by atoms with Crippen molar-refractivity contribution >= 4 is 17.7 Å². The van der Waals surface area contributed by atoms with E-state index in [0.29, 0.717) is 45.0 Å². The van der Waals surface area contributed by atoms with E-state index in [4.69, 9.17) is 5.10 Å². The Morgan fingerprint density at radius 1 is 0.710 bits per heavy atom. The molecule has 1 aromatic carbocycles. The van der Waals surface area contributed by atoms with Gasteiger partial charge in [-0.15, -0.1) is 0 Å². The first-order valence-corrected chi connectivity index (χ1v) is 11.2. The topological polar surface area (TPSA) is 78.8 Å². The third-order valence-corrected chi connectivity index (χ3v) is 6.56. The fourth-order valence-corrected chi connectivity index (χ4v) is 4.85. The first-order valence-electron chi connectivity index (χ1n) is 11.2. The zero-order valence-electron chi connectivity index (χ0n) is 17.6. The number of hydrogen-bond donors (Lipinski definition) is 0. The van der Waals surface area contributed by atoms with Gasteiger partial charge in [0, 0.05) is 50.5 Å². The summed E-state index contributed by atoms with van der Waals surface area (Å²) >= 11 is 0. The van der Waals surface area contributed by atoms with Gasteiger partial charge in [-0.1, -0.05) is 18.2 Å². The summed E-state index contributed by atoms with van der Waals surface area (Å²) in [7, 11) is 0. The van der Waals surface area contributed by atoms with Crippen LogP contribution in [0.1, 0.15) is 41.0 Å². The highest BCUT2D eigenvalue weighted by Crippen LogP contribution is 2.28. The molecule has 0 bridgehead atoms. The lowest BCUT2D eigenvalue weighted by atomic mass is 10.1. The standard InChI is InChI=1S/C23H27N5O3/c29-21(20-18-9-6-10-19(18)28(24-20)17-7-2-1-3-8-17)26-13-15-27(16-14-26)23(31)22(30)25-11-4-5-12-25/h1-3,7-8H,4-6,9-16H2. The van der Waals surface area contributed by atoms with Gasteiger partial charge in [0.15, 0.2) is 5.69 Å². The zero-order chi connectivity index (χ0) is 21.4. The van der Waals surface area contributed by atoms with Gasteiger partial charge in [0.1, 0.15) is 0 Å². The summed E-state index contributed by atoms with van der Waals surface area (Å²) in [6.45, 7) is 2.93. The number of piperazine rings is 1. The van der Waals surface area contributed by atoms with Crippen molar-refractivity contribution in [3.63, 3.8) is 0 Å². The van der Waals surface area contributed by atoms with Crippen LogP contribution in [0.2, 0.25) is 0 Å². The number of carbonyl (C=O) groups is 3. The number of rotatable bonds is 2. The Bertz CT molecular complexity index is 1000. The molecule has 31 heavy (non-hydrogen) atoms. The second-order valence-corrected chi connectivity index (χ2v) is 8.46. The minimum atomic E-state index is -0.441. The number of fused-ring (bicyclic) bond motifs is 1. The number of aromatic nitrogens is 2. The van der Waals surface area contributed by atoms with E-state index in [0.717, 1.165) is 49.0 Å². The van der Waals surface area contributed by atoms with E-state index in [2.05, 4.69) is 0 Å². The Morgan fingerprint density at radius 2 is 1.32 bits per heavy atom. The van der Waals surface area contributed by atoms with E-state index in [9.17, 15) is 14.4 Å². The van der Waals surface area contributed by atoms with Crippen LogP contribution in [0, 0.1) is 0 Å². The Labute approximate surface area is 181 Å². The van der Waals surface area contributed by atoms with Crippen LogP contribution in [-0.2, 0) is 22.4 Å². The Hall–Kier alpha value is -3.16. The van der Waals surface area contributed by atoms with Gasteiger partial charge in [-0.3, -0.25) is 14.4 Å². The van der Waals surface area contributed by atoms with Crippen LogP contribution in [0.15, 0.2) is 30.3 Å². The van der Waals surface area contributed by atoms with E-state index in [-0.39, 0.29) is 5.91 Å². The van der Waals surface area contributed by atoms with E-state index >= 15 is 0 Å². The molecule has 8 nitrogen and oxygen atoms in total. The van der Waals surface area contributed by atoms with Gasteiger partial charge in [-0.05, 0) is 44.2 Å². The SMILES string of the molecule is O=C(C(=O)N1CCN(C(=O)c2nn(-c3ccccc3)c3c2CCC3)CC1)N1CCCC1. The molecule has 1 aromatic heterocycles. The fraction of sp³-hybridized carbons (Fsp3) is 0.478. The highest BCUT2D eigenvalue weighted by atomic mass is 16.2. The van der Waals surface area contributed by atoms with Gasteiger partial charge in [-0.2, -0.15) is 5.10 Å². The minimum absolute atomic E-state index is 0.0780. The number of para-hydroxylation sites is 1. The number of hydrogen-bond acceptors (Lipinski definition) is 4. The average Bonchev–Trinajstić information content (AvgIpc) is 3.57. The Kier molecular flexibility index (Phi) is 5.21. The lowest BCUT2D eigenvalue weighted by Crippen LogP contribution is -2.54.